The molecule has 0 aliphatic heterocycles. The Hall–Kier alpha value is -3.06. The van der Waals surface area contributed by atoms with Crippen LogP contribution < -0.4 is 4.90 Å². The van der Waals surface area contributed by atoms with Gasteiger partial charge < -0.3 is 19.1 Å². The molecule has 4 aromatic rings. The van der Waals surface area contributed by atoms with Gasteiger partial charge in [0.05, 0.1) is 12.8 Å². The van der Waals surface area contributed by atoms with Gasteiger partial charge in [0.25, 0.3) is 0 Å². The Balaban J connectivity index is 1.49. The van der Waals surface area contributed by atoms with Gasteiger partial charge in [-0.05, 0) is 73.0 Å². The minimum atomic E-state index is -1.24. The SMILES string of the molecule is CCOC(=O)CC1CCC(c2cc(N(COCC[Si](C)(C)C)COCC[Si](C)(C)C)n3ncc(-c4ccc5ccccc5c4)c3n2)CC1. The fourth-order valence-electron chi connectivity index (χ4n) is 6.35. The van der Waals surface area contributed by atoms with E-state index in [4.69, 9.17) is 24.3 Å². The van der Waals surface area contributed by atoms with Gasteiger partial charge in [0.15, 0.2) is 5.65 Å². The van der Waals surface area contributed by atoms with Crippen molar-refractivity contribution < 1.29 is 19.0 Å². The quantitative estimate of drug-likeness (QED) is 0.0503. The van der Waals surface area contributed by atoms with Crippen molar-refractivity contribution >= 4 is 44.4 Å². The molecule has 260 valence electrons. The van der Waals surface area contributed by atoms with Crippen LogP contribution in [-0.4, -0.2) is 70.0 Å². The van der Waals surface area contributed by atoms with Gasteiger partial charge in [-0.15, -0.1) is 0 Å². The first kappa shape index (κ1) is 36.2. The van der Waals surface area contributed by atoms with Crippen molar-refractivity contribution in [1.82, 2.24) is 14.6 Å². The highest BCUT2D eigenvalue weighted by atomic mass is 28.3. The summed E-state index contributed by atoms with van der Waals surface area (Å²) in [7, 11) is -2.47. The van der Waals surface area contributed by atoms with Crippen LogP contribution in [0.5, 0.6) is 0 Å². The van der Waals surface area contributed by atoms with Crippen LogP contribution in [0, 0.1) is 5.92 Å². The molecule has 2 aromatic carbocycles. The van der Waals surface area contributed by atoms with Crippen LogP contribution in [0.3, 0.4) is 0 Å². The monoisotopic (exact) mass is 688 g/mol. The summed E-state index contributed by atoms with van der Waals surface area (Å²) < 4.78 is 19.9. The zero-order chi connectivity index (χ0) is 34.3. The molecule has 1 fully saturated rings. The van der Waals surface area contributed by atoms with Gasteiger partial charge in [-0.1, -0.05) is 75.7 Å². The number of fused-ring (bicyclic) bond motifs is 2. The molecule has 2 heterocycles. The normalized spacial score (nSPS) is 17.2. The van der Waals surface area contributed by atoms with Crippen LogP contribution in [0.25, 0.3) is 27.5 Å². The third-order valence-corrected chi connectivity index (χ3v) is 12.8. The predicted molar refractivity (Wildman–Crippen MR) is 202 cm³/mol. The fraction of sp³-hybridized carbons (Fsp3) is 0.553. The minimum Gasteiger partial charge on any atom is -0.466 e. The molecule has 1 aliphatic rings. The molecule has 0 bridgehead atoms. The molecule has 0 unspecified atom stereocenters. The van der Waals surface area contributed by atoms with Gasteiger partial charge in [-0.3, -0.25) is 4.79 Å². The molecule has 0 saturated heterocycles. The van der Waals surface area contributed by atoms with E-state index < -0.39 is 16.1 Å². The van der Waals surface area contributed by atoms with Gasteiger partial charge in [0.2, 0.25) is 0 Å². The number of rotatable bonds is 16. The second kappa shape index (κ2) is 16.1. The van der Waals surface area contributed by atoms with Crippen LogP contribution in [0.1, 0.15) is 50.6 Å². The highest BCUT2D eigenvalue weighted by molar-refractivity contribution is 6.76. The second-order valence-corrected chi connectivity index (χ2v) is 27.1. The number of aromatic nitrogens is 3. The molecule has 0 radical (unpaired) electrons. The second-order valence-electron chi connectivity index (χ2n) is 15.9. The number of ether oxygens (including phenoxy) is 3. The number of hydrogen-bond donors (Lipinski definition) is 0. The summed E-state index contributed by atoms with van der Waals surface area (Å²) in [5.74, 6) is 1.52. The lowest BCUT2D eigenvalue weighted by Crippen LogP contribution is -2.33. The summed E-state index contributed by atoms with van der Waals surface area (Å²) in [4.78, 5) is 19.7. The molecule has 0 atom stereocenters. The average molecular weight is 689 g/mol. The fourth-order valence-corrected chi connectivity index (χ4v) is 7.87. The highest BCUT2D eigenvalue weighted by Gasteiger charge is 2.28. The van der Waals surface area contributed by atoms with Crippen molar-refractivity contribution in [2.75, 3.05) is 38.2 Å². The van der Waals surface area contributed by atoms with Crippen LogP contribution in [-0.2, 0) is 19.0 Å². The van der Waals surface area contributed by atoms with Crippen LogP contribution in [0.4, 0.5) is 5.82 Å². The van der Waals surface area contributed by atoms with E-state index in [1.807, 2.05) is 17.6 Å². The lowest BCUT2D eigenvalue weighted by Gasteiger charge is -2.30. The number of carbonyl (C=O) groups excluding carboxylic acids is 1. The Morgan fingerprint density at radius 3 is 2.15 bits per heavy atom. The lowest BCUT2D eigenvalue weighted by molar-refractivity contribution is -0.144. The molecule has 5 rings (SSSR count). The van der Waals surface area contributed by atoms with Crippen LogP contribution in [0.2, 0.25) is 51.4 Å². The number of esters is 1. The number of benzene rings is 2. The van der Waals surface area contributed by atoms with Crippen molar-refractivity contribution in [2.45, 2.75) is 96.3 Å². The van der Waals surface area contributed by atoms with Crippen molar-refractivity contribution in [3.8, 4) is 11.1 Å². The van der Waals surface area contributed by atoms with Gasteiger partial charge >= 0.3 is 5.97 Å². The molecular weight excluding hydrogens is 633 g/mol. The van der Waals surface area contributed by atoms with Crippen LogP contribution in [0.15, 0.2) is 54.7 Å². The largest absolute Gasteiger partial charge is 0.466 e. The number of anilines is 1. The Bertz CT molecular complexity index is 1630. The standard InChI is InChI=1S/C38H56N4O4Si2/c1-8-46-37(43)23-29-13-15-31(16-14-29)35-25-36(41(27-44-19-21-47(2,3)4)28-45-20-22-48(5,6)7)42-38(40-35)34(26-39-42)33-18-17-30-11-9-10-12-32(30)24-33/h9-12,17-18,24-26,29,31H,8,13-16,19-23,27-28H2,1-7H3. The van der Waals surface area contributed by atoms with Crippen molar-refractivity contribution in [3.63, 3.8) is 0 Å². The van der Waals surface area contributed by atoms with Crippen LogP contribution >= 0.6 is 0 Å². The predicted octanol–water partition coefficient (Wildman–Crippen LogP) is 9.21. The van der Waals surface area contributed by atoms with Gasteiger partial charge in [0, 0.05) is 59.0 Å². The molecule has 0 amide bonds. The van der Waals surface area contributed by atoms with Crippen molar-refractivity contribution in [3.05, 3.63) is 60.4 Å². The summed E-state index contributed by atoms with van der Waals surface area (Å²) >= 11 is 0. The van der Waals surface area contributed by atoms with Crippen molar-refractivity contribution in [1.29, 1.82) is 0 Å². The van der Waals surface area contributed by atoms with E-state index in [-0.39, 0.29) is 5.97 Å². The van der Waals surface area contributed by atoms with Crippen molar-refractivity contribution in [2.24, 2.45) is 5.92 Å². The zero-order valence-electron chi connectivity index (χ0n) is 30.3. The summed E-state index contributed by atoms with van der Waals surface area (Å²) in [5.41, 5.74) is 4.03. The van der Waals surface area contributed by atoms with E-state index in [1.54, 1.807) is 0 Å². The van der Waals surface area contributed by atoms with Gasteiger partial charge in [-0.25, -0.2) is 4.98 Å². The Morgan fingerprint density at radius 2 is 1.52 bits per heavy atom. The molecule has 1 aliphatic carbocycles. The number of hydrogen-bond acceptors (Lipinski definition) is 7. The molecular formula is C38H56N4O4Si2. The Kier molecular flexibility index (Phi) is 12.2. The van der Waals surface area contributed by atoms with E-state index in [9.17, 15) is 4.79 Å². The maximum absolute atomic E-state index is 12.2. The third-order valence-electron chi connectivity index (χ3n) is 9.37. The van der Waals surface area contributed by atoms with Gasteiger partial charge in [0.1, 0.15) is 19.3 Å². The summed E-state index contributed by atoms with van der Waals surface area (Å²) in [6.07, 6.45) is 6.42. The van der Waals surface area contributed by atoms with E-state index >= 15 is 0 Å². The maximum atomic E-state index is 12.2. The summed E-state index contributed by atoms with van der Waals surface area (Å²) in [6, 6.07) is 19.5. The van der Waals surface area contributed by atoms with E-state index in [2.05, 4.69) is 92.7 Å². The van der Waals surface area contributed by atoms with Gasteiger partial charge in [-0.2, -0.15) is 9.61 Å². The molecule has 48 heavy (non-hydrogen) atoms. The molecule has 8 nitrogen and oxygen atoms in total. The first-order valence-electron chi connectivity index (χ1n) is 17.8. The first-order valence-corrected chi connectivity index (χ1v) is 25.3. The Labute approximate surface area is 289 Å². The van der Waals surface area contributed by atoms with E-state index in [1.165, 1.54) is 10.8 Å². The third kappa shape index (κ3) is 9.99. The number of carbonyl (C=O) groups is 1. The summed E-state index contributed by atoms with van der Waals surface area (Å²) in [5, 5.41) is 7.35. The topological polar surface area (TPSA) is 78.2 Å². The Morgan fingerprint density at radius 1 is 0.875 bits per heavy atom. The molecule has 2 aromatic heterocycles. The maximum Gasteiger partial charge on any atom is 0.306 e. The molecule has 10 heteroatoms. The molecule has 0 spiro atoms. The lowest BCUT2D eigenvalue weighted by atomic mass is 9.79. The highest BCUT2D eigenvalue weighted by Crippen LogP contribution is 2.39. The summed E-state index contributed by atoms with van der Waals surface area (Å²) in [6.45, 7) is 18.9. The molecule has 1 saturated carbocycles. The van der Waals surface area contributed by atoms with E-state index in [0.717, 1.165) is 79.3 Å². The minimum absolute atomic E-state index is 0.0824. The zero-order valence-corrected chi connectivity index (χ0v) is 32.3. The first-order chi connectivity index (χ1) is 22.9. The molecule has 0 N–H and O–H groups in total. The van der Waals surface area contributed by atoms with E-state index in [0.29, 0.717) is 38.3 Å². The number of nitrogens with zero attached hydrogens (tertiary/aromatic N) is 4. The average Bonchev–Trinajstić information content (AvgIpc) is 3.47. The smallest absolute Gasteiger partial charge is 0.306 e.